The number of carbonyl (C=O) groups excluding carboxylic acids is 2. The second-order valence-electron chi connectivity index (χ2n) is 8.25. The van der Waals surface area contributed by atoms with Gasteiger partial charge in [0.15, 0.2) is 0 Å². The molecule has 2 saturated heterocycles. The molecule has 0 unspecified atom stereocenters. The van der Waals surface area contributed by atoms with Crippen molar-refractivity contribution in [2.24, 2.45) is 17.8 Å². The van der Waals surface area contributed by atoms with Crippen LogP contribution in [0.25, 0.3) is 0 Å². The summed E-state index contributed by atoms with van der Waals surface area (Å²) in [6.07, 6.45) is 1.95. The maximum atomic E-state index is 12.9. The van der Waals surface area contributed by atoms with E-state index in [0.717, 1.165) is 44.8 Å². The summed E-state index contributed by atoms with van der Waals surface area (Å²) in [6.45, 7) is 3.52. The van der Waals surface area contributed by atoms with E-state index >= 15 is 0 Å². The Morgan fingerprint density at radius 2 is 1.75 bits per heavy atom. The predicted octanol–water partition coefficient (Wildman–Crippen LogP) is 1.32. The molecule has 3 aliphatic heterocycles. The zero-order valence-corrected chi connectivity index (χ0v) is 16.0. The van der Waals surface area contributed by atoms with Crippen LogP contribution < -0.4 is 15.4 Å². The first-order valence-corrected chi connectivity index (χ1v) is 10.2. The summed E-state index contributed by atoms with van der Waals surface area (Å²) in [4.78, 5) is 25.4. The highest BCUT2D eigenvalue weighted by atomic mass is 16.5. The Hall–Kier alpha value is -2.12. The maximum absolute atomic E-state index is 12.9. The van der Waals surface area contributed by atoms with Crippen molar-refractivity contribution in [1.29, 1.82) is 0 Å². The van der Waals surface area contributed by atoms with Crippen LogP contribution in [0.1, 0.15) is 45.0 Å². The maximum Gasteiger partial charge on any atom is 0.254 e. The molecular formula is C21H26N2O5. The van der Waals surface area contributed by atoms with E-state index in [1.807, 2.05) is 6.07 Å². The third kappa shape index (κ3) is 2.97. The number of ether oxygens (including phenoxy) is 3. The molecule has 0 bridgehead atoms. The van der Waals surface area contributed by atoms with E-state index < -0.39 is 0 Å². The van der Waals surface area contributed by atoms with Crippen molar-refractivity contribution in [2.45, 2.75) is 24.8 Å². The zero-order valence-electron chi connectivity index (χ0n) is 16.0. The summed E-state index contributed by atoms with van der Waals surface area (Å²) >= 11 is 0. The number of hydrogen-bond acceptors (Lipinski definition) is 5. The molecule has 2 N–H and O–H groups in total. The fraction of sp³-hybridized carbons (Fsp3) is 0.619. The average molecular weight is 386 g/mol. The van der Waals surface area contributed by atoms with Crippen LogP contribution in [-0.4, -0.2) is 57.9 Å². The third-order valence-electron chi connectivity index (χ3n) is 6.74. The molecule has 0 radical (unpaired) electrons. The summed E-state index contributed by atoms with van der Waals surface area (Å²) in [6, 6.07) is 3.79. The summed E-state index contributed by atoms with van der Waals surface area (Å²) in [5, 5.41) is 5.80. The van der Waals surface area contributed by atoms with Crippen molar-refractivity contribution in [1.82, 2.24) is 10.6 Å². The lowest BCUT2D eigenvalue weighted by atomic mass is 9.81. The van der Waals surface area contributed by atoms with Crippen molar-refractivity contribution < 1.29 is 23.8 Å². The van der Waals surface area contributed by atoms with Gasteiger partial charge >= 0.3 is 0 Å². The van der Waals surface area contributed by atoms with Crippen LogP contribution in [0, 0.1) is 17.8 Å². The molecule has 1 saturated carbocycles. The van der Waals surface area contributed by atoms with Crippen LogP contribution in [0.4, 0.5) is 0 Å². The van der Waals surface area contributed by atoms with Crippen LogP contribution in [0.3, 0.4) is 0 Å². The number of hydrogen-bond donors (Lipinski definition) is 2. The van der Waals surface area contributed by atoms with Gasteiger partial charge in [0.2, 0.25) is 0 Å². The van der Waals surface area contributed by atoms with Crippen molar-refractivity contribution in [3.05, 3.63) is 28.8 Å². The zero-order chi connectivity index (χ0) is 19.3. The van der Waals surface area contributed by atoms with E-state index in [4.69, 9.17) is 14.2 Å². The van der Waals surface area contributed by atoms with E-state index in [-0.39, 0.29) is 23.8 Å². The van der Waals surface area contributed by atoms with Crippen LogP contribution in [0.2, 0.25) is 0 Å². The molecule has 0 spiro atoms. The number of benzene rings is 1. The minimum atomic E-state index is -0.227. The van der Waals surface area contributed by atoms with Crippen molar-refractivity contribution >= 4 is 11.8 Å². The minimum absolute atomic E-state index is 0.120. The molecule has 2 amide bonds. The highest BCUT2D eigenvalue weighted by Gasteiger charge is 2.54. The predicted molar refractivity (Wildman–Crippen MR) is 101 cm³/mol. The molecule has 1 aromatic carbocycles. The molecule has 150 valence electrons. The van der Waals surface area contributed by atoms with E-state index in [9.17, 15) is 9.59 Å². The first kappa shape index (κ1) is 17.9. The number of amides is 2. The normalized spacial score (nSPS) is 30.9. The first-order chi connectivity index (χ1) is 13.7. The highest BCUT2D eigenvalue weighted by Crippen LogP contribution is 2.46. The van der Waals surface area contributed by atoms with Gasteiger partial charge in [-0.25, -0.2) is 0 Å². The highest BCUT2D eigenvalue weighted by molar-refractivity contribution is 6.02. The van der Waals surface area contributed by atoms with Gasteiger partial charge in [-0.15, -0.1) is 0 Å². The molecule has 3 heterocycles. The second-order valence-corrected chi connectivity index (χ2v) is 8.25. The van der Waals surface area contributed by atoms with Gasteiger partial charge in [-0.3, -0.25) is 9.59 Å². The molecule has 4 aliphatic rings. The fourth-order valence-corrected chi connectivity index (χ4v) is 4.98. The number of fused-ring (bicyclic) bond motifs is 2. The molecule has 7 nitrogen and oxygen atoms in total. The van der Waals surface area contributed by atoms with Gasteiger partial charge in [-0.05, 0) is 30.9 Å². The van der Waals surface area contributed by atoms with Crippen molar-refractivity contribution in [3.8, 4) is 5.75 Å². The lowest BCUT2D eigenvalue weighted by molar-refractivity contribution is 0.0551. The van der Waals surface area contributed by atoms with E-state index in [0.29, 0.717) is 41.2 Å². The van der Waals surface area contributed by atoms with Crippen molar-refractivity contribution in [2.75, 3.05) is 40.1 Å². The standard InChI is InChI=1S/C21H26N2O5/c1-22-21(25)14-7-12(20(24)23-18-16-8-27-9-17(16)18)6-13-15(10-28-19(13)14)11-2-4-26-5-3-11/h6-7,11,15-18H,2-5,8-10H2,1H3,(H,22,25)(H,23,24)/t15-,16-,17+,18+/m1/s1. The quantitative estimate of drug-likeness (QED) is 0.815. The van der Waals surface area contributed by atoms with Crippen LogP contribution in [0.15, 0.2) is 12.1 Å². The van der Waals surface area contributed by atoms with Crippen LogP contribution in [0.5, 0.6) is 5.75 Å². The van der Waals surface area contributed by atoms with E-state index in [1.165, 1.54) is 0 Å². The summed E-state index contributed by atoms with van der Waals surface area (Å²) in [5.41, 5.74) is 1.96. The Morgan fingerprint density at radius 1 is 1.00 bits per heavy atom. The van der Waals surface area contributed by atoms with Gasteiger partial charge in [0, 0.05) is 55.2 Å². The Morgan fingerprint density at radius 3 is 2.46 bits per heavy atom. The van der Waals surface area contributed by atoms with E-state index in [1.54, 1.807) is 13.1 Å². The Labute approximate surface area is 164 Å². The fourth-order valence-electron chi connectivity index (χ4n) is 4.98. The molecule has 1 aromatic rings. The lowest BCUT2D eigenvalue weighted by Gasteiger charge is -2.27. The molecule has 5 rings (SSSR count). The number of carbonyl (C=O) groups is 2. The number of rotatable bonds is 4. The van der Waals surface area contributed by atoms with Crippen LogP contribution in [-0.2, 0) is 9.47 Å². The molecule has 0 aromatic heterocycles. The monoisotopic (exact) mass is 386 g/mol. The SMILES string of the molecule is CNC(=O)c1cc(C(=O)N[C@H]2[C@@H]3COC[C@@H]32)cc2c1OC[C@@H]2C1CCOCC1. The minimum Gasteiger partial charge on any atom is -0.492 e. The molecule has 4 atom stereocenters. The Balaban J connectivity index is 1.44. The average Bonchev–Trinajstić information content (AvgIpc) is 3.10. The smallest absolute Gasteiger partial charge is 0.254 e. The van der Waals surface area contributed by atoms with Crippen LogP contribution >= 0.6 is 0 Å². The van der Waals surface area contributed by atoms with Gasteiger partial charge in [0.1, 0.15) is 5.75 Å². The van der Waals surface area contributed by atoms with Gasteiger partial charge in [0.05, 0.1) is 25.4 Å². The Kier molecular flexibility index (Phi) is 4.51. The van der Waals surface area contributed by atoms with Gasteiger partial charge in [-0.2, -0.15) is 0 Å². The summed E-state index contributed by atoms with van der Waals surface area (Å²) in [7, 11) is 1.60. The Bertz CT molecular complexity index is 794. The molecular weight excluding hydrogens is 360 g/mol. The molecule has 28 heavy (non-hydrogen) atoms. The molecule has 7 heteroatoms. The summed E-state index contributed by atoms with van der Waals surface area (Å²) in [5.74, 6) is 1.81. The van der Waals surface area contributed by atoms with Gasteiger partial charge < -0.3 is 24.8 Å². The first-order valence-electron chi connectivity index (χ1n) is 10.2. The topological polar surface area (TPSA) is 85.9 Å². The molecule has 1 aliphatic carbocycles. The second kappa shape index (κ2) is 7.04. The largest absolute Gasteiger partial charge is 0.492 e. The lowest BCUT2D eigenvalue weighted by Crippen LogP contribution is -2.30. The van der Waals surface area contributed by atoms with Crippen molar-refractivity contribution in [3.63, 3.8) is 0 Å². The van der Waals surface area contributed by atoms with Gasteiger partial charge in [0.25, 0.3) is 11.8 Å². The third-order valence-corrected chi connectivity index (χ3v) is 6.74. The number of nitrogens with one attached hydrogen (secondary N) is 2. The van der Waals surface area contributed by atoms with Gasteiger partial charge in [-0.1, -0.05) is 0 Å². The van der Waals surface area contributed by atoms with E-state index in [2.05, 4.69) is 10.6 Å². The summed E-state index contributed by atoms with van der Waals surface area (Å²) < 4.78 is 16.9. The molecule has 3 fully saturated rings.